The van der Waals surface area contributed by atoms with E-state index >= 15 is 0 Å². The Labute approximate surface area is 104 Å². The molecule has 2 aliphatic rings. The molecular weight excluding hydrogens is 208 g/mol. The van der Waals surface area contributed by atoms with E-state index in [0.29, 0.717) is 11.8 Å². The summed E-state index contributed by atoms with van der Waals surface area (Å²) in [5.41, 5.74) is 16.6. The van der Waals surface area contributed by atoms with Crippen molar-refractivity contribution in [2.24, 2.45) is 28.7 Å². The summed E-state index contributed by atoms with van der Waals surface area (Å²) in [6.45, 7) is 8.97. The van der Waals surface area contributed by atoms with Crippen molar-refractivity contribution in [3.8, 4) is 0 Å². The highest BCUT2D eigenvalue weighted by atomic mass is 14.7. The molecule has 0 aromatic carbocycles. The first kappa shape index (κ1) is 12.3. The number of hydrogen-bond acceptors (Lipinski definition) is 2. The van der Waals surface area contributed by atoms with Crippen molar-refractivity contribution in [1.29, 1.82) is 0 Å². The van der Waals surface area contributed by atoms with Gasteiger partial charge in [0.1, 0.15) is 0 Å². The summed E-state index contributed by atoms with van der Waals surface area (Å²) in [6.07, 6.45) is 6.98. The molecule has 0 fully saturated rings. The van der Waals surface area contributed by atoms with Gasteiger partial charge in [-0.2, -0.15) is 0 Å². The minimum absolute atomic E-state index is 0.0742. The van der Waals surface area contributed by atoms with Crippen LogP contribution in [0.2, 0.25) is 0 Å². The van der Waals surface area contributed by atoms with Crippen LogP contribution in [0, 0.1) is 17.3 Å². The van der Waals surface area contributed by atoms with E-state index in [1.165, 1.54) is 17.6 Å². The lowest BCUT2D eigenvalue weighted by Crippen LogP contribution is -2.36. The summed E-state index contributed by atoms with van der Waals surface area (Å²) in [7, 11) is 0. The monoisotopic (exact) mass is 232 g/mol. The van der Waals surface area contributed by atoms with Crippen LogP contribution >= 0.6 is 0 Å². The van der Waals surface area contributed by atoms with Crippen LogP contribution in [0.25, 0.3) is 0 Å². The van der Waals surface area contributed by atoms with Crippen molar-refractivity contribution in [3.63, 3.8) is 0 Å². The van der Waals surface area contributed by atoms with E-state index in [0.717, 1.165) is 17.8 Å². The Morgan fingerprint density at radius 3 is 2.53 bits per heavy atom. The van der Waals surface area contributed by atoms with Crippen molar-refractivity contribution in [2.45, 2.75) is 40.5 Å². The maximum atomic E-state index is 6.25. The third-order valence-corrected chi connectivity index (χ3v) is 4.52. The van der Waals surface area contributed by atoms with Gasteiger partial charge in [0.15, 0.2) is 0 Å². The Kier molecular flexibility index (Phi) is 2.84. The largest absolute Gasteiger partial charge is 0.397 e. The summed E-state index contributed by atoms with van der Waals surface area (Å²) < 4.78 is 0. The lowest BCUT2D eigenvalue weighted by molar-refractivity contribution is 0.293. The van der Waals surface area contributed by atoms with E-state index in [-0.39, 0.29) is 5.41 Å². The molecular formula is C15H24N2. The number of fused-ring (bicyclic) bond motifs is 1. The molecule has 0 amide bonds. The summed E-state index contributed by atoms with van der Waals surface area (Å²) >= 11 is 0. The van der Waals surface area contributed by atoms with Gasteiger partial charge < -0.3 is 11.5 Å². The summed E-state index contributed by atoms with van der Waals surface area (Å²) in [5, 5.41) is 0. The average molecular weight is 232 g/mol. The standard InChI is InChI=1S/C15H24N2/c1-9(2)11-8-15(4)10(3)6-5-7-12(15)14(17)13(11)16/h7-10H,5-6,16-17H2,1-4H3. The van der Waals surface area contributed by atoms with E-state index in [1.807, 2.05) is 0 Å². The molecule has 0 saturated heterocycles. The zero-order valence-electron chi connectivity index (χ0n) is 11.4. The van der Waals surface area contributed by atoms with Crippen LogP contribution in [-0.2, 0) is 0 Å². The fraction of sp³-hybridized carbons (Fsp3) is 0.600. The second kappa shape index (κ2) is 3.94. The summed E-state index contributed by atoms with van der Waals surface area (Å²) in [6, 6.07) is 0. The fourth-order valence-corrected chi connectivity index (χ4v) is 3.06. The topological polar surface area (TPSA) is 52.0 Å². The van der Waals surface area contributed by atoms with Gasteiger partial charge in [0.25, 0.3) is 0 Å². The molecule has 17 heavy (non-hydrogen) atoms. The molecule has 0 bridgehead atoms. The number of hydrogen-bond donors (Lipinski definition) is 2. The molecule has 94 valence electrons. The molecule has 0 aromatic heterocycles. The Morgan fingerprint density at radius 1 is 1.29 bits per heavy atom. The van der Waals surface area contributed by atoms with Gasteiger partial charge in [0.05, 0.1) is 11.4 Å². The first-order valence-corrected chi connectivity index (χ1v) is 6.57. The lowest BCUT2D eigenvalue weighted by atomic mass is 9.62. The van der Waals surface area contributed by atoms with E-state index in [1.54, 1.807) is 0 Å². The third kappa shape index (κ3) is 1.70. The normalized spacial score (nSPS) is 33.4. The average Bonchev–Trinajstić information content (AvgIpc) is 2.26. The van der Waals surface area contributed by atoms with Crippen LogP contribution in [0.15, 0.2) is 34.7 Å². The van der Waals surface area contributed by atoms with Crippen LogP contribution in [0.4, 0.5) is 0 Å². The van der Waals surface area contributed by atoms with Crippen LogP contribution in [-0.4, -0.2) is 0 Å². The molecule has 0 aliphatic heterocycles. The second-order valence-electron chi connectivity index (χ2n) is 5.96. The molecule has 0 aromatic rings. The van der Waals surface area contributed by atoms with Crippen LogP contribution in [0.1, 0.15) is 40.5 Å². The van der Waals surface area contributed by atoms with Gasteiger partial charge in [-0.25, -0.2) is 0 Å². The lowest BCUT2D eigenvalue weighted by Gasteiger charge is -2.43. The fourth-order valence-electron chi connectivity index (χ4n) is 3.06. The van der Waals surface area contributed by atoms with Crippen molar-refractivity contribution in [2.75, 3.05) is 0 Å². The minimum atomic E-state index is 0.0742. The molecule has 0 saturated carbocycles. The van der Waals surface area contributed by atoms with Gasteiger partial charge in [-0.05, 0) is 35.8 Å². The maximum absolute atomic E-state index is 6.25. The minimum Gasteiger partial charge on any atom is -0.397 e. The molecule has 0 spiro atoms. The molecule has 2 rings (SSSR count). The SMILES string of the molecule is CC(C)C1=CC2(C)C(=CCCC2C)C(N)=C1N. The molecule has 2 nitrogen and oxygen atoms in total. The zero-order valence-corrected chi connectivity index (χ0v) is 11.4. The molecule has 0 heterocycles. The molecule has 2 heteroatoms. The van der Waals surface area contributed by atoms with E-state index in [9.17, 15) is 0 Å². The van der Waals surface area contributed by atoms with Crippen LogP contribution in [0.5, 0.6) is 0 Å². The van der Waals surface area contributed by atoms with Crippen molar-refractivity contribution < 1.29 is 0 Å². The highest BCUT2D eigenvalue weighted by Gasteiger charge is 2.40. The third-order valence-electron chi connectivity index (χ3n) is 4.52. The first-order chi connectivity index (χ1) is 7.88. The van der Waals surface area contributed by atoms with Gasteiger partial charge in [-0.1, -0.05) is 39.8 Å². The smallest absolute Gasteiger partial charge is 0.0588 e. The van der Waals surface area contributed by atoms with Gasteiger partial charge in [-0.3, -0.25) is 0 Å². The van der Waals surface area contributed by atoms with E-state index < -0.39 is 0 Å². The van der Waals surface area contributed by atoms with Crippen LogP contribution in [0.3, 0.4) is 0 Å². The highest BCUT2D eigenvalue weighted by molar-refractivity contribution is 5.53. The zero-order chi connectivity index (χ0) is 12.8. The molecule has 2 atom stereocenters. The highest BCUT2D eigenvalue weighted by Crippen LogP contribution is 2.49. The molecule has 0 radical (unpaired) electrons. The Balaban J connectivity index is 2.59. The number of rotatable bonds is 1. The van der Waals surface area contributed by atoms with Gasteiger partial charge >= 0.3 is 0 Å². The predicted molar refractivity (Wildman–Crippen MR) is 72.9 cm³/mol. The van der Waals surface area contributed by atoms with Crippen molar-refractivity contribution in [3.05, 3.63) is 34.7 Å². The number of nitrogens with two attached hydrogens (primary N) is 2. The Hall–Kier alpha value is -1.18. The van der Waals surface area contributed by atoms with Gasteiger partial charge in [-0.15, -0.1) is 0 Å². The quantitative estimate of drug-likeness (QED) is 0.730. The molecule has 4 N–H and O–H groups in total. The predicted octanol–water partition coefficient (Wildman–Crippen LogP) is 3.07. The van der Waals surface area contributed by atoms with Gasteiger partial charge in [0, 0.05) is 5.41 Å². The maximum Gasteiger partial charge on any atom is 0.0588 e. The molecule has 2 aliphatic carbocycles. The summed E-state index contributed by atoms with van der Waals surface area (Å²) in [4.78, 5) is 0. The van der Waals surface area contributed by atoms with Gasteiger partial charge in [0.2, 0.25) is 0 Å². The van der Waals surface area contributed by atoms with Crippen molar-refractivity contribution in [1.82, 2.24) is 0 Å². The van der Waals surface area contributed by atoms with E-state index in [2.05, 4.69) is 39.8 Å². The van der Waals surface area contributed by atoms with Crippen molar-refractivity contribution >= 4 is 0 Å². The van der Waals surface area contributed by atoms with E-state index in [4.69, 9.17) is 11.5 Å². The first-order valence-electron chi connectivity index (χ1n) is 6.57. The second-order valence-corrected chi connectivity index (χ2v) is 5.96. The summed E-state index contributed by atoms with van der Waals surface area (Å²) in [5.74, 6) is 1.06. The van der Waals surface area contributed by atoms with Crippen LogP contribution < -0.4 is 11.5 Å². The Morgan fingerprint density at radius 2 is 1.94 bits per heavy atom. The molecule has 2 unspecified atom stereocenters. The number of allylic oxidation sites excluding steroid dienone is 4. The Bertz CT molecular complexity index is 426.